The molecule has 176 valence electrons. The molecule has 0 spiro atoms. The Bertz CT molecular complexity index is 917. The van der Waals surface area contributed by atoms with Crippen molar-refractivity contribution < 1.29 is 22.7 Å². The third-order valence-corrected chi connectivity index (χ3v) is 6.41. The highest BCUT2D eigenvalue weighted by Crippen LogP contribution is 2.40. The van der Waals surface area contributed by atoms with E-state index in [1.165, 1.54) is 6.07 Å². The lowest BCUT2D eigenvalue weighted by Crippen LogP contribution is -2.51. The Morgan fingerprint density at radius 3 is 2.50 bits per heavy atom. The second-order valence-electron chi connectivity index (χ2n) is 8.04. The van der Waals surface area contributed by atoms with Gasteiger partial charge in [-0.1, -0.05) is 15.9 Å². The summed E-state index contributed by atoms with van der Waals surface area (Å²) in [6, 6.07) is 2.19. The van der Waals surface area contributed by atoms with Crippen LogP contribution in [-0.2, 0) is 15.7 Å². The first-order valence-corrected chi connectivity index (χ1v) is 11.4. The molecule has 2 heterocycles. The van der Waals surface area contributed by atoms with Crippen LogP contribution in [0, 0.1) is 11.3 Å². The number of carbonyl (C=O) groups excluding carboxylic acids is 1. The molecule has 1 saturated heterocycles. The number of halogens is 5. The van der Waals surface area contributed by atoms with Crippen LogP contribution in [0.25, 0.3) is 0 Å². The number of aromatic nitrogens is 1. The molecule has 0 bridgehead atoms. The van der Waals surface area contributed by atoms with E-state index >= 15 is 0 Å². The van der Waals surface area contributed by atoms with Gasteiger partial charge in [0.25, 0.3) is 5.91 Å². The van der Waals surface area contributed by atoms with Gasteiger partial charge in [0.05, 0.1) is 30.2 Å². The standard InChI is InChI=1S/C20H22BrF3N4O2S.ClH/c1-19(2)17(29)27(13-9-15(20(22,23)24)16(10-25)26-11-13)18(31)28(19)12-3-5-14(6-4-12)30-8-7-21;/h9,11-12,14H,3-8H2,1-2H3;1H/t12-,14-;. The van der Waals surface area contributed by atoms with Gasteiger partial charge in [0, 0.05) is 11.4 Å². The van der Waals surface area contributed by atoms with Crippen LogP contribution >= 0.6 is 40.6 Å². The fourth-order valence-electron chi connectivity index (χ4n) is 4.21. The normalized spacial score (nSPS) is 23.2. The number of ether oxygens (including phenoxy) is 1. The molecule has 1 aliphatic heterocycles. The number of thiocarbonyl (C=S) groups is 1. The quantitative estimate of drug-likeness (QED) is 0.383. The van der Waals surface area contributed by atoms with Crippen molar-refractivity contribution in [2.75, 3.05) is 16.8 Å². The maximum absolute atomic E-state index is 13.4. The number of amides is 1. The predicted molar refractivity (Wildman–Crippen MR) is 123 cm³/mol. The molecule has 12 heteroatoms. The van der Waals surface area contributed by atoms with Crippen LogP contribution in [0.15, 0.2) is 12.3 Å². The lowest BCUT2D eigenvalue weighted by Gasteiger charge is -2.40. The molecule has 2 aliphatic rings. The van der Waals surface area contributed by atoms with Crippen molar-refractivity contribution >= 4 is 57.3 Å². The summed E-state index contributed by atoms with van der Waals surface area (Å²) in [5.74, 6) is -0.421. The molecular formula is C20H23BrClF3N4O2S. The van der Waals surface area contributed by atoms with Gasteiger partial charge in [0.1, 0.15) is 11.6 Å². The molecule has 2 fully saturated rings. The van der Waals surface area contributed by atoms with Gasteiger partial charge in [-0.2, -0.15) is 18.4 Å². The van der Waals surface area contributed by atoms with E-state index in [0.29, 0.717) is 6.61 Å². The smallest absolute Gasteiger partial charge is 0.377 e. The number of hydrogen-bond acceptors (Lipinski definition) is 5. The molecule has 0 aromatic carbocycles. The van der Waals surface area contributed by atoms with Crippen molar-refractivity contribution in [3.63, 3.8) is 0 Å². The third-order valence-electron chi connectivity index (χ3n) is 5.71. The molecule has 1 aliphatic carbocycles. The zero-order chi connectivity index (χ0) is 23.0. The Morgan fingerprint density at radius 2 is 1.97 bits per heavy atom. The van der Waals surface area contributed by atoms with Crippen molar-refractivity contribution in [1.82, 2.24) is 9.88 Å². The van der Waals surface area contributed by atoms with Crippen molar-refractivity contribution in [3.05, 3.63) is 23.5 Å². The SMILES string of the molecule is CC1(C)C(=O)N(c2cnc(C#N)c(C(F)(F)F)c2)C(=S)N1[C@H]1CC[C@H](OCCBr)CC1.Cl. The van der Waals surface area contributed by atoms with Gasteiger partial charge in [0.15, 0.2) is 10.8 Å². The van der Waals surface area contributed by atoms with Crippen LogP contribution in [0.1, 0.15) is 50.8 Å². The Kier molecular flexibility index (Phi) is 8.53. The second-order valence-corrected chi connectivity index (χ2v) is 9.20. The maximum Gasteiger partial charge on any atom is 0.419 e. The summed E-state index contributed by atoms with van der Waals surface area (Å²) in [5.41, 5.74) is -3.04. The predicted octanol–water partition coefficient (Wildman–Crippen LogP) is 4.83. The minimum Gasteiger partial charge on any atom is -0.377 e. The molecule has 0 radical (unpaired) electrons. The molecule has 3 rings (SSSR count). The number of nitriles is 1. The van der Waals surface area contributed by atoms with Gasteiger partial charge in [-0.3, -0.25) is 9.69 Å². The molecule has 6 nitrogen and oxygen atoms in total. The average molecular weight is 556 g/mol. The molecule has 32 heavy (non-hydrogen) atoms. The topological polar surface area (TPSA) is 69.5 Å². The maximum atomic E-state index is 13.4. The zero-order valence-corrected chi connectivity index (χ0v) is 20.7. The molecule has 1 aromatic heterocycles. The van der Waals surface area contributed by atoms with E-state index in [9.17, 15) is 18.0 Å². The Morgan fingerprint density at radius 1 is 1.34 bits per heavy atom. The first kappa shape index (κ1) is 26.8. The molecule has 1 saturated carbocycles. The van der Waals surface area contributed by atoms with E-state index in [4.69, 9.17) is 22.2 Å². The van der Waals surface area contributed by atoms with Crippen molar-refractivity contribution in [3.8, 4) is 6.07 Å². The lowest BCUT2D eigenvalue weighted by molar-refractivity contribution is -0.138. The summed E-state index contributed by atoms with van der Waals surface area (Å²) in [7, 11) is 0. The summed E-state index contributed by atoms with van der Waals surface area (Å²) < 4.78 is 45.9. The first-order chi connectivity index (χ1) is 14.5. The number of rotatable bonds is 5. The summed E-state index contributed by atoms with van der Waals surface area (Å²) in [6.45, 7) is 4.07. The third kappa shape index (κ3) is 5.03. The van der Waals surface area contributed by atoms with Crippen molar-refractivity contribution in [2.45, 2.75) is 63.4 Å². The Balaban J connectivity index is 0.00000363. The Hall–Kier alpha value is -1.48. The van der Waals surface area contributed by atoms with E-state index in [1.807, 2.05) is 4.90 Å². The van der Waals surface area contributed by atoms with E-state index in [0.717, 1.165) is 48.2 Å². The van der Waals surface area contributed by atoms with Crippen LogP contribution in [0.4, 0.5) is 18.9 Å². The van der Waals surface area contributed by atoms with E-state index in [1.54, 1.807) is 13.8 Å². The monoisotopic (exact) mass is 554 g/mol. The summed E-state index contributed by atoms with van der Waals surface area (Å²) in [4.78, 5) is 19.8. The molecule has 1 amide bonds. The van der Waals surface area contributed by atoms with Gasteiger partial charge in [-0.05, 0) is 57.8 Å². The zero-order valence-electron chi connectivity index (χ0n) is 17.5. The molecular weight excluding hydrogens is 533 g/mol. The van der Waals surface area contributed by atoms with Crippen LogP contribution in [0.2, 0.25) is 0 Å². The van der Waals surface area contributed by atoms with E-state index in [2.05, 4.69) is 20.9 Å². The van der Waals surface area contributed by atoms with Crippen LogP contribution in [-0.4, -0.2) is 50.5 Å². The molecule has 0 unspecified atom stereocenters. The molecule has 0 atom stereocenters. The van der Waals surface area contributed by atoms with Crippen LogP contribution in [0.5, 0.6) is 0 Å². The number of carbonyl (C=O) groups is 1. The van der Waals surface area contributed by atoms with Gasteiger partial charge in [-0.15, -0.1) is 12.4 Å². The summed E-state index contributed by atoms with van der Waals surface area (Å²) in [5, 5.41) is 9.89. The molecule has 1 aromatic rings. The highest BCUT2D eigenvalue weighted by Gasteiger charge is 2.52. The van der Waals surface area contributed by atoms with E-state index < -0.39 is 28.9 Å². The van der Waals surface area contributed by atoms with E-state index in [-0.39, 0.29) is 35.4 Å². The number of alkyl halides is 4. The van der Waals surface area contributed by atoms with Gasteiger partial charge in [0.2, 0.25) is 0 Å². The fourth-order valence-corrected chi connectivity index (χ4v) is 4.97. The average Bonchev–Trinajstić information content (AvgIpc) is 2.90. The number of pyridine rings is 1. The number of nitrogens with zero attached hydrogens (tertiary/aromatic N) is 4. The lowest BCUT2D eigenvalue weighted by atomic mass is 9.89. The highest BCUT2D eigenvalue weighted by atomic mass is 79.9. The minimum atomic E-state index is -4.78. The van der Waals surface area contributed by atoms with Gasteiger partial charge >= 0.3 is 6.18 Å². The fraction of sp³-hybridized carbons (Fsp3) is 0.600. The summed E-state index contributed by atoms with van der Waals surface area (Å²) in [6.07, 6.45) is -0.384. The number of anilines is 1. The molecule has 0 N–H and O–H groups in total. The number of hydrogen-bond donors (Lipinski definition) is 0. The van der Waals surface area contributed by atoms with Gasteiger partial charge in [-0.25, -0.2) is 4.98 Å². The minimum absolute atomic E-state index is 0. The Labute approximate surface area is 204 Å². The van der Waals surface area contributed by atoms with Gasteiger partial charge < -0.3 is 9.64 Å². The summed E-state index contributed by atoms with van der Waals surface area (Å²) >= 11 is 8.91. The van der Waals surface area contributed by atoms with Crippen molar-refractivity contribution in [1.29, 1.82) is 5.26 Å². The highest BCUT2D eigenvalue weighted by molar-refractivity contribution is 9.09. The second kappa shape index (κ2) is 10.2. The van der Waals surface area contributed by atoms with Crippen LogP contribution < -0.4 is 4.90 Å². The van der Waals surface area contributed by atoms with Crippen molar-refractivity contribution in [2.24, 2.45) is 0 Å². The largest absolute Gasteiger partial charge is 0.419 e. The first-order valence-electron chi connectivity index (χ1n) is 9.85. The van der Waals surface area contributed by atoms with Crippen LogP contribution in [0.3, 0.4) is 0 Å².